The quantitative estimate of drug-likeness (QED) is 0.845. The second-order valence-corrected chi connectivity index (χ2v) is 8.26. The van der Waals surface area contributed by atoms with Gasteiger partial charge in [-0.05, 0) is 37.7 Å². The highest BCUT2D eigenvalue weighted by molar-refractivity contribution is 7.94. The van der Waals surface area contributed by atoms with E-state index < -0.39 is 10.0 Å². The van der Waals surface area contributed by atoms with E-state index >= 15 is 0 Å². The third-order valence-electron chi connectivity index (χ3n) is 2.80. The summed E-state index contributed by atoms with van der Waals surface area (Å²) >= 11 is 13.2. The largest absolute Gasteiger partial charge is 0.315 e. The highest BCUT2D eigenvalue weighted by Crippen LogP contribution is 2.33. The van der Waals surface area contributed by atoms with Crippen molar-refractivity contribution in [3.63, 3.8) is 0 Å². The second kappa shape index (κ2) is 6.54. The van der Waals surface area contributed by atoms with Crippen LogP contribution in [0.4, 0.5) is 5.69 Å². The first kappa shape index (κ1) is 16.6. The molecule has 0 amide bonds. The highest BCUT2D eigenvalue weighted by Gasteiger charge is 2.21. The van der Waals surface area contributed by atoms with Crippen LogP contribution >= 0.6 is 34.5 Å². The maximum absolute atomic E-state index is 12.4. The van der Waals surface area contributed by atoms with Gasteiger partial charge in [-0.25, -0.2) is 8.42 Å². The lowest BCUT2D eigenvalue weighted by Gasteiger charge is -2.09. The topological polar surface area (TPSA) is 58.2 Å². The lowest BCUT2D eigenvalue weighted by molar-refractivity contribution is 0.603. The molecule has 1 aromatic heterocycles. The second-order valence-electron chi connectivity index (χ2n) is 4.40. The molecule has 0 unspecified atom stereocenters. The highest BCUT2D eigenvalue weighted by atomic mass is 35.5. The van der Waals surface area contributed by atoms with Crippen LogP contribution in [0.15, 0.2) is 28.5 Å². The van der Waals surface area contributed by atoms with E-state index in [2.05, 4.69) is 10.0 Å². The smallest absolute Gasteiger partial charge is 0.271 e. The number of para-hydroxylation sites is 1. The molecular formula is C13H14Cl2N2O2S2. The summed E-state index contributed by atoms with van der Waals surface area (Å²) in [5, 5.41) is 3.53. The zero-order chi connectivity index (χ0) is 15.6. The number of rotatable bonds is 5. The van der Waals surface area contributed by atoms with Crippen molar-refractivity contribution in [2.24, 2.45) is 0 Å². The Labute approximate surface area is 138 Å². The Kier molecular flexibility index (Phi) is 5.16. The van der Waals surface area contributed by atoms with Crippen LogP contribution in [0.1, 0.15) is 10.4 Å². The van der Waals surface area contributed by atoms with Gasteiger partial charge in [0, 0.05) is 11.4 Å². The normalized spacial score (nSPS) is 11.6. The van der Waals surface area contributed by atoms with Crippen molar-refractivity contribution in [1.82, 2.24) is 5.32 Å². The molecule has 8 heteroatoms. The van der Waals surface area contributed by atoms with E-state index in [1.54, 1.807) is 24.3 Å². The molecule has 0 spiro atoms. The molecule has 2 rings (SSSR count). The van der Waals surface area contributed by atoms with Gasteiger partial charge in [0.15, 0.2) is 0 Å². The summed E-state index contributed by atoms with van der Waals surface area (Å²) in [7, 11) is -1.89. The van der Waals surface area contributed by atoms with Crippen LogP contribution in [0.5, 0.6) is 0 Å². The average molecular weight is 365 g/mol. The Morgan fingerprint density at radius 2 is 1.86 bits per heavy atom. The summed E-state index contributed by atoms with van der Waals surface area (Å²) in [5.74, 6) is 0. The van der Waals surface area contributed by atoms with E-state index in [0.29, 0.717) is 6.54 Å². The predicted molar refractivity (Wildman–Crippen MR) is 89.1 cm³/mol. The number of nitrogens with one attached hydrogen (secondary N) is 2. The van der Waals surface area contributed by atoms with Gasteiger partial charge < -0.3 is 5.32 Å². The SMILES string of the molecule is CNCc1sc(S(=O)(=O)Nc2c(Cl)cccc2Cl)cc1C. The lowest BCUT2D eigenvalue weighted by Crippen LogP contribution is -2.12. The summed E-state index contributed by atoms with van der Waals surface area (Å²) in [6.07, 6.45) is 0. The fourth-order valence-corrected chi connectivity index (χ4v) is 5.04. The van der Waals surface area contributed by atoms with Gasteiger partial charge in [0.2, 0.25) is 0 Å². The predicted octanol–water partition coefficient (Wildman–Crippen LogP) is 3.88. The molecule has 0 bridgehead atoms. The molecule has 2 aromatic rings. The number of benzene rings is 1. The van der Waals surface area contributed by atoms with Gasteiger partial charge >= 0.3 is 0 Å². The summed E-state index contributed by atoms with van der Waals surface area (Å²) in [6.45, 7) is 2.50. The molecule has 0 aliphatic heterocycles. The van der Waals surface area contributed by atoms with Gasteiger partial charge in [-0.2, -0.15) is 0 Å². The molecular weight excluding hydrogens is 351 g/mol. The van der Waals surface area contributed by atoms with Crippen LogP contribution < -0.4 is 10.0 Å². The zero-order valence-electron chi connectivity index (χ0n) is 11.4. The molecule has 21 heavy (non-hydrogen) atoms. The molecule has 0 aliphatic carbocycles. The number of aryl methyl sites for hydroxylation is 1. The molecule has 2 N–H and O–H groups in total. The summed E-state index contributed by atoms with van der Waals surface area (Å²) in [5.41, 5.74) is 1.13. The van der Waals surface area contributed by atoms with Crippen molar-refractivity contribution in [3.8, 4) is 0 Å². The number of sulfonamides is 1. The first-order valence-corrected chi connectivity index (χ1v) is 9.11. The van der Waals surface area contributed by atoms with Crippen molar-refractivity contribution in [2.75, 3.05) is 11.8 Å². The van der Waals surface area contributed by atoms with Crippen molar-refractivity contribution in [2.45, 2.75) is 17.7 Å². The standard InChI is InChI=1S/C13H14Cl2N2O2S2/c1-8-6-12(20-11(8)7-16-2)21(18,19)17-13-9(14)4-3-5-10(13)15/h3-6,16-17H,7H2,1-2H3. The van der Waals surface area contributed by atoms with Crippen LogP contribution in [0.2, 0.25) is 10.0 Å². The van der Waals surface area contributed by atoms with E-state index in [9.17, 15) is 8.42 Å². The van der Waals surface area contributed by atoms with Crippen LogP contribution in [-0.2, 0) is 16.6 Å². The molecule has 0 saturated carbocycles. The molecule has 114 valence electrons. The van der Waals surface area contributed by atoms with E-state index in [4.69, 9.17) is 23.2 Å². The number of hydrogen-bond donors (Lipinski definition) is 2. The lowest BCUT2D eigenvalue weighted by atomic mass is 10.3. The van der Waals surface area contributed by atoms with Crippen LogP contribution in [-0.4, -0.2) is 15.5 Å². The maximum atomic E-state index is 12.4. The molecule has 0 atom stereocenters. The summed E-state index contributed by atoms with van der Waals surface area (Å²) < 4.78 is 27.6. The Balaban J connectivity index is 2.37. The fourth-order valence-electron chi connectivity index (χ4n) is 1.74. The molecule has 4 nitrogen and oxygen atoms in total. The van der Waals surface area contributed by atoms with Crippen molar-refractivity contribution in [3.05, 3.63) is 44.8 Å². The number of anilines is 1. The Bertz CT molecular complexity index is 737. The van der Waals surface area contributed by atoms with Gasteiger partial charge in [0.1, 0.15) is 4.21 Å². The number of hydrogen-bond acceptors (Lipinski definition) is 4. The van der Waals surface area contributed by atoms with Gasteiger partial charge in [-0.1, -0.05) is 29.3 Å². The number of thiophene rings is 1. The van der Waals surface area contributed by atoms with E-state index in [-0.39, 0.29) is 19.9 Å². The summed E-state index contributed by atoms with van der Waals surface area (Å²) in [4.78, 5) is 0.975. The monoisotopic (exact) mass is 364 g/mol. The van der Waals surface area contributed by atoms with Crippen molar-refractivity contribution < 1.29 is 8.42 Å². The minimum Gasteiger partial charge on any atom is -0.315 e. The van der Waals surface area contributed by atoms with E-state index in [0.717, 1.165) is 10.4 Å². The Morgan fingerprint density at radius 1 is 1.24 bits per heavy atom. The third-order valence-corrected chi connectivity index (χ3v) is 6.49. The Hall–Kier alpha value is -0.790. The summed E-state index contributed by atoms with van der Waals surface area (Å²) in [6, 6.07) is 6.46. The number of halogens is 2. The van der Waals surface area contributed by atoms with E-state index in [1.807, 2.05) is 14.0 Å². The average Bonchev–Trinajstić information content (AvgIpc) is 2.77. The van der Waals surface area contributed by atoms with Crippen LogP contribution in [0, 0.1) is 6.92 Å². The van der Waals surface area contributed by atoms with E-state index in [1.165, 1.54) is 11.3 Å². The first-order valence-electron chi connectivity index (χ1n) is 6.06. The molecule has 0 aliphatic rings. The minimum absolute atomic E-state index is 0.196. The molecule has 0 radical (unpaired) electrons. The van der Waals surface area contributed by atoms with Gasteiger partial charge in [0.25, 0.3) is 10.0 Å². The maximum Gasteiger partial charge on any atom is 0.271 e. The molecule has 1 aromatic carbocycles. The zero-order valence-corrected chi connectivity index (χ0v) is 14.6. The molecule has 0 fully saturated rings. The minimum atomic E-state index is -3.71. The molecule has 1 heterocycles. The van der Waals surface area contributed by atoms with Gasteiger partial charge in [0.05, 0.1) is 15.7 Å². The Morgan fingerprint density at radius 3 is 2.43 bits per heavy atom. The van der Waals surface area contributed by atoms with Crippen molar-refractivity contribution in [1.29, 1.82) is 0 Å². The first-order chi connectivity index (χ1) is 9.85. The third kappa shape index (κ3) is 3.70. The van der Waals surface area contributed by atoms with Gasteiger partial charge in [-0.15, -0.1) is 11.3 Å². The van der Waals surface area contributed by atoms with Crippen LogP contribution in [0.25, 0.3) is 0 Å². The van der Waals surface area contributed by atoms with Crippen LogP contribution in [0.3, 0.4) is 0 Å². The molecule has 0 saturated heterocycles. The van der Waals surface area contributed by atoms with Gasteiger partial charge in [-0.3, -0.25) is 4.72 Å². The fraction of sp³-hybridized carbons (Fsp3) is 0.231. The van der Waals surface area contributed by atoms with Crippen molar-refractivity contribution >= 4 is 50.2 Å².